The van der Waals surface area contributed by atoms with Crippen LogP contribution in [0.25, 0.3) is 0 Å². The summed E-state index contributed by atoms with van der Waals surface area (Å²) in [5, 5.41) is 1.21. The molecule has 8 nitrogen and oxygen atoms in total. The Kier molecular flexibility index (Phi) is 8.51. The van der Waals surface area contributed by atoms with Crippen LogP contribution < -0.4 is 10.5 Å². The molecule has 3 aromatic carbocycles. The van der Waals surface area contributed by atoms with Gasteiger partial charge in [-0.15, -0.1) is 0 Å². The molecule has 2 aliphatic rings. The lowest BCUT2D eigenvalue weighted by Crippen LogP contribution is -2.61. The van der Waals surface area contributed by atoms with Crippen LogP contribution in [0, 0.1) is 0 Å². The molecule has 42 heavy (non-hydrogen) atoms. The van der Waals surface area contributed by atoms with Gasteiger partial charge < -0.3 is 15.4 Å². The van der Waals surface area contributed by atoms with Crippen LogP contribution in [-0.4, -0.2) is 71.8 Å². The predicted molar refractivity (Wildman–Crippen MR) is 166 cm³/mol. The summed E-state index contributed by atoms with van der Waals surface area (Å²) >= 11 is 12.6. The van der Waals surface area contributed by atoms with Gasteiger partial charge in [-0.3, -0.25) is 19.6 Å². The van der Waals surface area contributed by atoms with E-state index in [1.54, 1.807) is 0 Å². The second-order valence-corrected chi connectivity index (χ2v) is 11.7. The fourth-order valence-corrected chi connectivity index (χ4v) is 6.21. The van der Waals surface area contributed by atoms with Crippen molar-refractivity contribution in [3.05, 3.63) is 99.5 Å². The molecule has 10 heteroatoms. The van der Waals surface area contributed by atoms with E-state index in [1.165, 1.54) is 0 Å². The third-order valence-corrected chi connectivity index (χ3v) is 8.89. The van der Waals surface area contributed by atoms with Gasteiger partial charge in [0.15, 0.2) is 0 Å². The molecule has 5 rings (SSSR count). The maximum absolute atomic E-state index is 14.8. The molecule has 1 fully saturated rings. The van der Waals surface area contributed by atoms with Crippen LogP contribution in [0.15, 0.2) is 77.8 Å². The Morgan fingerprint density at radius 2 is 1.45 bits per heavy atom. The number of benzene rings is 3. The Morgan fingerprint density at radius 3 is 2.02 bits per heavy atom. The fraction of sp³-hybridized carbons (Fsp3) is 0.344. The van der Waals surface area contributed by atoms with Gasteiger partial charge >= 0.3 is 6.03 Å². The summed E-state index contributed by atoms with van der Waals surface area (Å²) < 4.78 is 6.04. The highest BCUT2D eigenvalue weighted by molar-refractivity contribution is 6.30. The molecule has 0 aromatic heterocycles. The maximum atomic E-state index is 14.8. The minimum atomic E-state index is -0.985. The highest BCUT2D eigenvalue weighted by atomic mass is 35.5. The maximum Gasteiger partial charge on any atom is 0.326 e. The second-order valence-electron chi connectivity index (χ2n) is 10.9. The zero-order valence-electron chi connectivity index (χ0n) is 24.0. The number of nitrogens with zero attached hydrogens (tertiary/aromatic N) is 4. The van der Waals surface area contributed by atoms with E-state index in [0.717, 1.165) is 16.7 Å². The minimum Gasteiger partial charge on any atom is -0.493 e. The van der Waals surface area contributed by atoms with E-state index < -0.39 is 11.1 Å². The molecular formula is C32H35Cl2N5O3. The number of hydrogen-bond acceptors (Lipinski definition) is 5. The highest BCUT2D eigenvalue weighted by Crippen LogP contribution is 2.54. The van der Waals surface area contributed by atoms with Crippen LogP contribution in [0.5, 0.6) is 5.75 Å². The first-order chi connectivity index (χ1) is 20.1. The van der Waals surface area contributed by atoms with E-state index in [4.69, 9.17) is 38.7 Å². The number of carbonyl (C=O) groups is 2. The number of para-hydroxylation sites is 1. The van der Waals surface area contributed by atoms with Gasteiger partial charge in [0.2, 0.25) is 5.91 Å². The molecule has 0 bridgehead atoms. The van der Waals surface area contributed by atoms with Gasteiger partial charge in [-0.2, -0.15) is 0 Å². The van der Waals surface area contributed by atoms with E-state index >= 15 is 0 Å². The van der Waals surface area contributed by atoms with Crippen molar-refractivity contribution < 1.29 is 14.3 Å². The average Bonchev–Trinajstić information content (AvgIpc) is 3.22. The molecule has 0 unspecified atom stereocenters. The lowest BCUT2D eigenvalue weighted by atomic mass is 9.71. The average molecular weight is 609 g/mol. The van der Waals surface area contributed by atoms with Crippen LogP contribution in [0.1, 0.15) is 37.5 Å². The number of ether oxygens (including phenoxy) is 1. The number of rotatable bonds is 7. The van der Waals surface area contributed by atoms with Crippen molar-refractivity contribution in [2.24, 2.45) is 10.7 Å². The number of aliphatic imine (C=N–C) groups is 1. The normalized spacial score (nSPS) is 22.6. The van der Waals surface area contributed by atoms with E-state index in [9.17, 15) is 9.59 Å². The summed E-state index contributed by atoms with van der Waals surface area (Å²) in [6.07, 6.45) is 0. The van der Waals surface area contributed by atoms with E-state index in [-0.39, 0.29) is 18.5 Å². The first-order valence-electron chi connectivity index (χ1n) is 14.0. The SMILES string of the molecule is CCOc1ccccc1C1=N[C@@](C)(c2ccc(Cl)cc2)[C@@](C)(c2ccc(Cl)cc2)N1C(=O)N1CCN(CC(N)=O)CC1. The van der Waals surface area contributed by atoms with Crippen LogP contribution in [-0.2, 0) is 15.9 Å². The number of halogens is 2. The molecule has 0 spiro atoms. The van der Waals surface area contributed by atoms with Crippen LogP contribution >= 0.6 is 23.2 Å². The fourth-order valence-electron chi connectivity index (χ4n) is 5.96. The van der Waals surface area contributed by atoms with Gasteiger partial charge in [-0.1, -0.05) is 59.6 Å². The third-order valence-electron chi connectivity index (χ3n) is 8.39. The predicted octanol–water partition coefficient (Wildman–Crippen LogP) is 5.51. The summed E-state index contributed by atoms with van der Waals surface area (Å²) in [5.41, 5.74) is 6.01. The topological polar surface area (TPSA) is 91.5 Å². The molecule has 2 aliphatic heterocycles. The number of piperazine rings is 1. The number of carbonyl (C=O) groups excluding carboxylic acids is 2. The Hall–Kier alpha value is -3.59. The van der Waals surface area contributed by atoms with Gasteiger partial charge in [0.25, 0.3) is 0 Å². The van der Waals surface area contributed by atoms with E-state index in [2.05, 4.69) is 0 Å². The number of hydrogen-bond donors (Lipinski definition) is 1. The quantitative estimate of drug-likeness (QED) is 0.383. The summed E-state index contributed by atoms with van der Waals surface area (Å²) in [5.74, 6) is 0.769. The zero-order chi connectivity index (χ0) is 30.1. The minimum absolute atomic E-state index is 0.164. The smallest absolute Gasteiger partial charge is 0.326 e. The lowest BCUT2D eigenvalue weighted by molar-refractivity contribution is -0.119. The standard InChI is InChI=1S/C32H35Cl2N5O3/c1-4-42-27-8-6-5-7-26(27)29-36-31(2,22-9-13-24(33)14-10-22)32(3,23-11-15-25(34)16-12-23)39(29)30(41)38-19-17-37(18-20-38)21-28(35)40/h5-16H,4,17-21H2,1-3H3,(H2,35,40)/t31-,32+/m0/s1. The Morgan fingerprint density at radius 1 is 0.881 bits per heavy atom. The molecule has 2 heterocycles. The Labute approximate surface area is 256 Å². The Balaban J connectivity index is 1.70. The lowest BCUT2D eigenvalue weighted by Gasteiger charge is -2.47. The van der Waals surface area contributed by atoms with E-state index in [1.807, 2.05) is 108 Å². The molecule has 2 N–H and O–H groups in total. The molecule has 3 aromatic rings. The van der Waals surface area contributed by atoms with Gasteiger partial charge in [-0.25, -0.2) is 4.79 Å². The van der Waals surface area contributed by atoms with Crippen LogP contribution in [0.2, 0.25) is 10.0 Å². The van der Waals surface area contributed by atoms with Gasteiger partial charge in [0.05, 0.1) is 18.7 Å². The van der Waals surface area contributed by atoms with Crippen molar-refractivity contribution in [3.63, 3.8) is 0 Å². The van der Waals surface area contributed by atoms with Crippen molar-refractivity contribution in [1.82, 2.24) is 14.7 Å². The number of nitrogens with two attached hydrogens (primary N) is 1. The molecule has 2 atom stereocenters. The Bertz CT molecular complexity index is 1490. The van der Waals surface area contributed by atoms with Crippen molar-refractivity contribution >= 4 is 41.0 Å². The number of amides is 3. The summed E-state index contributed by atoms with van der Waals surface area (Å²) in [6, 6.07) is 22.7. The number of urea groups is 1. The van der Waals surface area contributed by atoms with Crippen molar-refractivity contribution in [3.8, 4) is 5.75 Å². The van der Waals surface area contributed by atoms with Crippen LogP contribution in [0.3, 0.4) is 0 Å². The molecule has 0 radical (unpaired) electrons. The number of primary amides is 1. The third kappa shape index (κ3) is 5.35. The molecule has 0 aliphatic carbocycles. The first-order valence-corrected chi connectivity index (χ1v) is 14.8. The zero-order valence-corrected chi connectivity index (χ0v) is 25.5. The van der Waals surface area contributed by atoms with Gasteiger partial charge in [0, 0.05) is 36.2 Å². The van der Waals surface area contributed by atoms with Crippen molar-refractivity contribution in [1.29, 1.82) is 0 Å². The molecular weight excluding hydrogens is 573 g/mol. The molecule has 1 saturated heterocycles. The van der Waals surface area contributed by atoms with Crippen LogP contribution in [0.4, 0.5) is 4.79 Å². The van der Waals surface area contributed by atoms with Gasteiger partial charge in [-0.05, 0) is 68.3 Å². The molecule has 0 saturated carbocycles. The van der Waals surface area contributed by atoms with Crippen molar-refractivity contribution in [2.45, 2.75) is 31.8 Å². The summed E-state index contributed by atoms with van der Waals surface area (Å²) in [6.45, 7) is 8.61. The summed E-state index contributed by atoms with van der Waals surface area (Å²) in [4.78, 5) is 37.3. The van der Waals surface area contributed by atoms with Gasteiger partial charge in [0.1, 0.15) is 22.7 Å². The molecule has 220 valence electrons. The highest BCUT2D eigenvalue weighted by Gasteiger charge is 2.60. The molecule has 3 amide bonds. The monoisotopic (exact) mass is 607 g/mol. The first kappa shape index (κ1) is 29.9. The van der Waals surface area contributed by atoms with E-state index in [0.29, 0.717) is 54.4 Å². The second kappa shape index (κ2) is 12.0. The largest absolute Gasteiger partial charge is 0.493 e. The number of amidine groups is 1. The summed E-state index contributed by atoms with van der Waals surface area (Å²) in [7, 11) is 0. The van der Waals surface area contributed by atoms with Crippen molar-refractivity contribution in [2.75, 3.05) is 39.3 Å².